The molecule has 0 saturated carbocycles. The number of para-hydroxylation sites is 1. The van der Waals surface area contributed by atoms with Gasteiger partial charge < -0.3 is 9.47 Å². The summed E-state index contributed by atoms with van der Waals surface area (Å²) in [6, 6.07) is 12.2. The third-order valence-corrected chi connectivity index (χ3v) is 5.83. The number of amides is 1. The summed E-state index contributed by atoms with van der Waals surface area (Å²) in [6.07, 6.45) is 7.77. The highest BCUT2D eigenvalue weighted by Crippen LogP contribution is 2.24. The molecule has 1 aromatic carbocycles. The number of nitrogens with zero attached hydrogens (tertiary/aromatic N) is 4. The van der Waals surface area contributed by atoms with Crippen LogP contribution >= 0.6 is 0 Å². The summed E-state index contributed by atoms with van der Waals surface area (Å²) in [5, 5.41) is 5.69. The molecule has 1 amide bonds. The van der Waals surface area contributed by atoms with Gasteiger partial charge in [-0.3, -0.25) is 9.48 Å². The van der Waals surface area contributed by atoms with Crippen LogP contribution in [0.5, 0.6) is 0 Å². The number of aryl methyl sites for hydroxylation is 3. The van der Waals surface area contributed by atoms with Gasteiger partial charge in [-0.15, -0.1) is 0 Å². The lowest BCUT2D eigenvalue weighted by Crippen LogP contribution is -2.36. The number of hydrogen-bond donors (Lipinski definition) is 0. The van der Waals surface area contributed by atoms with Gasteiger partial charge in [0.25, 0.3) is 5.91 Å². The summed E-state index contributed by atoms with van der Waals surface area (Å²) in [7, 11) is 3.92. The Hall–Kier alpha value is -2.82. The lowest BCUT2D eigenvalue weighted by molar-refractivity contribution is 0.0698. The van der Waals surface area contributed by atoms with Gasteiger partial charge in [-0.05, 0) is 50.3 Å². The first kappa shape index (κ1) is 18.5. The fourth-order valence-electron chi connectivity index (χ4n) is 4.12. The standard InChI is InChI=1S/C23H28N4O/c1-17-13-20(24-26(17)3)16-27(15-18-9-5-4-6-10-18)23(28)22-14-19-11-7-8-12-21(19)25(22)2/h4-5,7-8,11-14,18H,6,9-10,15-16H2,1-3H3. The minimum Gasteiger partial charge on any atom is -0.340 e. The summed E-state index contributed by atoms with van der Waals surface area (Å²) in [4.78, 5) is 15.5. The summed E-state index contributed by atoms with van der Waals surface area (Å²) >= 11 is 0. The number of hydrogen-bond acceptors (Lipinski definition) is 2. The minimum atomic E-state index is 0.0801. The molecule has 28 heavy (non-hydrogen) atoms. The number of benzene rings is 1. The summed E-state index contributed by atoms with van der Waals surface area (Å²) < 4.78 is 3.88. The van der Waals surface area contributed by atoms with Gasteiger partial charge in [-0.25, -0.2) is 0 Å². The van der Waals surface area contributed by atoms with E-state index in [1.165, 1.54) is 0 Å². The second-order valence-corrected chi connectivity index (χ2v) is 7.88. The summed E-state index contributed by atoms with van der Waals surface area (Å²) in [6.45, 7) is 3.35. The molecule has 4 rings (SSSR count). The topological polar surface area (TPSA) is 43.1 Å². The summed E-state index contributed by atoms with van der Waals surface area (Å²) in [5.41, 5.74) is 3.87. The molecule has 1 aliphatic rings. The molecule has 0 saturated heterocycles. The first-order valence-corrected chi connectivity index (χ1v) is 10.0. The van der Waals surface area contributed by atoms with Gasteiger partial charge in [-0.2, -0.15) is 5.10 Å². The molecular weight excluding hydrogens is 348 g/mol. The number of carbonyl (C=O) groups excluding carboxylic acids is 1. The number of rotatable bonds is 5. The second-order valence-electron chi connectivity index (χ2n) is 7.88. The Kier molecular flexibility index (Phi) is 5.07. The molecule has 0 radical (unpaired) electrons. The highest BCUT2D eigenvalue weighted by molar-refractivity contribution is 5.98. The Labute approximate surface area is 166 Å². The van der Waals surface area contributed by atoms with Crippen LogP contribution < -0.4 is 0 Å². The largest absolute Gasteiger partial charge is 0.340 e. The first-order chi connectivity index (χ1) is 13.5. The van der Waals surface area contributed by atoms with Crippen molar-refractivity contribution in [3.63, 3.8) is 0 Å². The fraction of sp³-hybridized carbons (Fsp3) is 0.391. The maximum atomic E-state index is 13.6. The van der Waals surface area contributed by atoms with Crippen LogP contribution in [-0.4, -0.2) is 31.7 Å². The van der Waals surface area contributed by atoms with E-state index in [9.17, 15) is 4.79 Å². The van der Waals surface area contributed by atoms with Crippen LogP contribution in [0, 0.1) is 12.8 Å². The maximum absolute atomic E-state index is 13.6. The van der Waals surface area contributed by atoms with Gasteiger partial charge in [0, 0.05) is 37.2 Å². The van der Waals surface area contributed by atoms with Crippen LogP contribution in [0.4, 0.5) is 0 Å². The zero-order valence-corrected chi connectivity index (χ0v) is 16.9. The van der Waals surface area contributed by atoms with E-state index in [-0.39, 0.29) is 5.91 Å². The molecule has 2 aromatic heterocycles. The molecule has 0 N–H and O–H groups in total. The van der Waals surface area contributed by atoms with Crippen LogP contribution in [0.2, 0.25) is 0 Å². The second kappa shape index (κ2) is 7.66. The average Bonchev–Trinajstić information content (AvgIpc) is 3.20. The predicted molar refractivity (Wildman–Crippen MR) is 112 cm³/mol. The van der Waals surface area contributed by atoms with Crippen molar-refractivity contribution in [2.45, 2.75) is 32.7 Å². The number of allylic oxidation sites excluding steroid dienone is 2. The van der Waals surface area contributed by atoms with Crippen LogP contribution in [0.1, 0.15) is 41.1 Å². The highest BCUT2D eigenvalue weighted by Gasteiger charge is 2.24. The molecule has 5 heteroatoms. The highest BCUT2D eigenvalue weighted by atomic mass is 16.2. The summed E-state index contributed by atoms with van der Waals surface area (Å²) in [5.74, 6) is 0.588. The number of fused-ring (bicyclic) bond motifs is 1. The van der Waals surface area contributed by atoms with E-state index >= 15 is 0 Å². The number of aromatic nitrogens is 3. The molecule has 0 aliphatic heterocycles. The van der Waals surface area contributed by atoms with Gasteiger partial charge in [0.1, 0.15) is 5.69 Å². The third-order valence-electron chi connectivity index (χ3n) is 5.83. The maximum Gasteiger partial charge on any atom is 0.270 e. The van der Waals surface area contributed by atoms with Crippen molar-refractivity contribution in [3.8, 4) is 0 Å². The fourth-order valence-corrected chi connectivity index (χ4v) is 4.12. The molecule has 0 bridgehead atoms. The van der Waals surface area contributed by atoms with Crippen LogP contribution in [-0.2, 0) is 20.6 Å². The van der Waals surface area contributed by atoms with Crippen molar-refractivity contribution in [3.05, 3.63) is 65.6 Å². The van der Waals surface area contributed by atoms with E-state index < -0.39 is 0 Å². The zero-order valence-electron chi connectivity index (χ0n) is 16.9. The lowest BCUT2D eigenvalue weighted by atomic mass is 9.94. The van der Waals surface area contributed by atoms with Crippen molar-refractivity contribution in [2.75, 3.05) is 6.54 Å². The van der Waals surface area contributed by atoms with E-state index in [0.29, 0.717) is 12.5 Å². The van der Waals surface area contributed by atoms with Crippen molar-refractivity contribution in [2.24, 2.45) is 20.0 Å². The van der Waals surface area contributed by atoms with Crippen LogP contribution in [0.15, 0.2) is 48.6 Å². The Morgan fingerprint density at radius 2 is 2.04 bits per heavy atom. The van der Waals surface area contributed by atoms with Crippen molar-refractivity contribution >= 4 is 16.8 Å². The van der Waals surface area contributed by atoms with E-state index in [1.807, 2.05) is 53.4 Å². The Balaban J connectivity index is 1.65. The smallest absolute Gasteiger partial charge is 0.270 e. The first-order valence-electron chi connectivity index (χ1n) is 10.0. The van der Waals surface area contributed by atoms with Crippen LogP contribution in [0.25, 0.3) is 10.9 Å². The van der Waals surface area contributed by atoms with Crippen molar-refractivity contribution in [1.29, 1.82) is 0 Å². The molecule has 1 unspecified atom stereocenters. The molecule has 146 valence electrons. The van der Waals surface area contributed by atoms with E-state index in [2.05, 4.69) is 35.4 Å². The van der Waals surface area contributed by atoms with E-state index in [1.54, 1.807) is 0 Å². The quantitative estimate of drug-likeness (QED) is 0.626. The van der Waals surface area contributed by atoms with Crippen molar-refractivity contribution < 1.29 is 4.79 Å². The molecular formula is C23H28N4O. The monoisotopic (exact) mass is 376 g/mol. The van der Waals surface area contributed by atoms with Gasteiger partial charge in [-0.1, -0.05) is 30.4 Å². The average molecular weight is 377 g/mol. The number of carbonyl (C=O) groups is 1. The normalized spacial score (nSPS) is 16.6. The molecule has 0 spiro atoms. The molecule has 5 nitrogen and oxygen atoms in total. The molecule has 1 aliphatic carbocycles. The minimum absolute atomic E-state index is 0.0801. The molecule has 2 heterocycles. The van der Waals surface area contributed by atoms with E-state index in [0.717, 1.165) is 53.8 Å². The Morgan fingerprint density at radius 3 is 2.71 bits per heavy atom. The predicted octanol–water partition coefficient (Wildman–Crippen LogP) is 4.22. The van der Waals surface area contributed by atoms with Gasteiger partial charge in [0.2, 0.25) is 0 Å². The molecule has 3 aromatic rings. The Morgan fingerprint density at radius 1 is 1.21 bits per heavy atom. The third kappa shape index (κ3) is 3.61. The van der Waals surface area contributed by atoms with Crippen molar-refractivity contribution in [1.82, 2.24) is 19.2 Å². The SMILES string of the molecule is Cc1cc(CN(CC2CC=CCC2)C(=O)c2cc3ccccc3n2C)nn1C. The molecule has 0 fully saturated rings. The Bertz CT molecular complexity index is 1010. The zero-order chi connectivity index (χ0) is 19.7. The lowest BCUT2D eigenvalue weighted by Gasteiger charge is -2.28. The van der Waals surface area contributed by atoms with Gasteiger partial charge in [0.05, 0.1) is 12.2 Å². The molecule has 1 atom stereocenters. The van der Waals surface area contributed by atoms with E-state index in [4.69, 9.17) is 0 Å². The van der Waals surface area contributed by atoms with Gasteiger partial charge in [0.15, 0.2) is 0 Å². The van der Waals surface area contributed by atoms with Crippen LogP contribution in [0.3, 0.4) is 0 Å². The van der Waals surface area contributed by atoms with Gasteiger partial charge >= 0.3 is 0 Å².